The van der Waals surface area contributed by atoms with E-state index in [1.54, 1.807) is 11.8 Å². The zero-order valence-electron chi connectivity index (χ0n) is 13.9. The number of hydrogen-bond donors (Lipinski definition) is 0. The van der Waals surface area contributed by atoms with E-state index < -0.39 is 0 Å². The average Bonchev–Trinajstić information content (AvgIpc) is 3.31. The van der Waals surface area contributed by atoms with E-state index in [1.165, 1.54) is 0 Å². The summed E-state index contributed by atoms with van der Waals surface area (Å²) < 4.78 is 7.55. The van der Waals surface area contributed by atoms with Crippen LogP contribution in [0, 0.1) is 5.92 Å². The highest BCUT2D eigenvalue weighted by Crippen LogP contribution is 2.31. The minimum atomic E-state index is 0.564. The van der Waals surface area contributed by atoms with Crippen molar-refractivity contribution in [2.75, 3.05) is 19.0 Å². The van der Waals surface area contributed by atoms with E-state index in [1.807, 2.05) is 48.5 Å². The number of rotatable bonds is 5. The first kappa shape index (κ1) is 17.9. The van der Waals surface area contributed by atoms with Gasteiger partial charge in [0, 0.05) is 33.7 Å². The molecule has 7 heteroatoms. The smallest absolute Gasteiger partial charge is 0.196 e. The molecule has 3 aromatic rings. The molecule has 0 N–H and O–H groups in total. The summed E-state index contributed by atoms with van der Waals surface area (Å²) in [6.45, 7) is 1.68. The fraction of sp³-hybridized carbons (Fsp3) is 0.263. The van der Waals surface area contributed by atoms with Crippen molar-refractivity contribution in [2.24, 2.45) is 5.92 Å². The number of aromatic nitrogens is 3. The maximum absolute atomic E-state index is 6.06. The summed E-state index contributed by atoms with van der Waals surface area (Å²) >= 11 is 13.8. The van der Waals surface area contributed by atoms with Crippen molar-refractivity contribution in [3.63, 3.8) is 0 Å². The minimum absolute atomic E-state index is 0.564. The van der Waals surface area contributed by atoms with Crippen molar-refractivity contribution in [2.45, 2.75) is 11.6 Å². The van der Waals surface area contributed by atoms with Gasteiger partial charge >= 0.3 is 0 Å². The highest BCUT2D eigenvalue weighted by Gasteiger charge is 2.20. The Morgan fingerprint density at radius 2 is 1.69 bits per heavy atom. The molecule has 26 heavy (non-hydrogen) atoms. The molecule has 1 saturated heterocycles. The number of halogens is 2. The Bertz CT molecular complexity index is 875. The standard InChI is InChI=1S/C19H17Cl2N3OS/c20-15-3-1-14(2-4-15)18-22-23-19(26-12-13-9-10-25-11-13)24(18)17-7-5-16(21)6-8-17/h1-8,13H,9-12H2. The normalized spacial score (nSPS) is 16.9. The van der Waals surface area contributed by atoms with Gasteiger partial charge in [0.25, 0.3) is 0 Å². The fourth-order valence-electron chi connectivity index (χ4n) is 2.88. The molecular formula is C19H17Cl2N3OS. The topological polar surface area (TPSA) is 39.9 Å². The Labute approximate surface area is 166 Å². The van der Waals surface area contributed by atoms with Gasteiger partial charge in [-0.25, -0.2) is 0 Å². The SMILES string of the molecule is Clc1ccc(-c2nnc(SCC3CCOC3)n2-c2ccc(Cl)cc2)cc1. The third kappa shape index (κ3) is 3.91. The van der Waals surface area contributed by atoms with Crippen molar-refractivity contribution < 1.29 is 4.74 Å². The molecule has 0 amide bonds. The molecular weight excluding hydrogens is 389 g/mol. The Hall–Kier alpha value is -1.53. The second-order valence-corrected chi connectivity index (χ2v) is 8.03. The maximum Gasteiger partial charge on any atom is 0.196 e. The van der Waals surface area contributed by atoms with Gasteiger partial charge in [-0.15, -0.1) is 10.2 Å². The Morgan fingerprint density at radius 3 is 2.35 bits per heavy atom. The Morgan fingerprint density at radius 1 is 1.00 bits per heavy atom. The van der Waals surface area contributed by atoms with Gasteiger partial charge in [-0.1, -0.05) is 35.0 Å². The van der Waals surface area contributed by atoms with Crippen LogP contribution < -0.4 is 0 Å². The maximum atomic E-state index is 6.06. The van der Waals surface area contributed by atoms with Crippen LogP contribution in [0.15, 0.2) is 53.7 Å². The van der Waals surface area contributed by atoms with Gasteiger partial charge in [0.1, 0.15) is 0 Å². The summed E-state index contributed by atoms with van der Waals surface area (Å²) in [5.41, 5.74) is 1.95. The third-order valence-corrected chi connectivity index (χ3v) is 5.96. The zero-order valence-corrected chi connectivity index (χ0v) is 16.3. The first-order chi connectivity index (χ1) is 12.7. The van der Waals surface area contributed by atoms with Crippen LogP contribution in [0.5, 0.6) is 0 Å². The Balaban J connectivity index is 1.71. The van der Waals surface area contributed by atoms with Gasteiger partial charge in [0.15, 0.2) is 11.0 Å². The summed E-state index contributed by atoms with van der Waals surface area (Å²) in [7, 11) is 0. The summed E-state index contributed by atoms with van der Waals surface area (Å²) in [5.74, 6) is 2.32. The molecule has 1 aromatic heterocycles. The van der Waals surface area contributed by atoms with Gasteiger partial charge in [-0.3, -0.25) is 4.57 Å². The van der Waals surface area contributed by atoms with Crippen LogP contribution in [0.25, 0.3) is 17.1 Å². The lowest BCUT2D eigenvalue weighted by molar-refractivity contribution is 0.189. The fourth-order valence-corrected chi connectivity index (χ4v) is 4.20. The van der Waals surface area contributed by atoms with E-state index in [2.05, 4.69) is 14.8 Å². The van der Waals surface area contributed by atoms with Crippen LogP contribution in [-0.4, -0.2) is 33.7 Å². The van der Waals surface area contributed by atoms with Crippen LogP contribution in [0.2, 0.25) is 10.0 Å². The first-order valence-electron chi connectivity index (χ1n) is 8.38. The second-order valence-electron chi connectivity index (χ2n) is 6.17. The quantitative estimate of drug-likeness (QED) is 0.534. The molecule has 1 aliphatic rings. The molecule has 0 radical (unpaired) electrons. The number of thioether (sulfide) groups is 1. The summed E-state index contributed by atoms with van der Waals surface area (Å²) in [6.07, 6.45) is 1.10. The van der Waals surface area contributed by atoms with E-state index in [9.17, 15) is 0 Å². The molecule has 0 spiro atoms. The molecule has 0 aliphatic carbocycles. The highest BCUT2D eigenvalue weighted by atomic mass is 35.5. The largest absolute Gasteiger partial charge is 0.381 e. The molecule has 134 valence electrons. The van der Waals surface area contributed by atoms with E-state index in [0.717, 1.165) is 47.6 Å². The molecule has 1 aliphatic heterocycles. The predicted octanol–water partition coefficient (Wildman–Crippen LogP) is 5.37. The number of hydrogen-bond acceptors (Lipinski definition) is 4. The zero-order chi connectivity index (χ0) is 17.9. The van der Waals surface area contributed by atoms with E-state index in [4.69, 9.17) is 27.9 Å². The summed E-state index contributed by atoms with van der Waals surface area (Å²) in [6, 6.07) is 15.3. The van der Waals surface area contributed by atoms with E-state index >= 15 is 0 Å². The predicted molar refractivity (Wildman–Crippen MR) is 106 cm³/mol. The lowest BCUT2D eigenvalue weighted by Gasteiger charge is -2.12. The van der Waals surface area contributed by atoms with Crippen molar-refractivity contribution in [3.8, 4) is 17.1 Å². The van der Waals surface area contributed by atoms with Crippen molar-refractivity contribution in [1.29, 1.82) is 0 Å². The van der Waals surface area contributed by atoms with Crippen molar-refractivity contribution in [3.05, 3.63) is 58.6 Å². The van der Waals surface area contributed by atoms with Crippen molar-refractivity contribution in [1.82, 2.24) is 14.8 Å². The monoisotopic (exact) mass is 405 g/mol. The van der Waals surface area contributed by atoms with Crippen molar-refractivity contribution >= 4 is 35.0 Å². The van der Waals surface area contributed by atoms with Gasteiger partial charge < -0.3 is 4.74 Å². The second kappa shape index (κ2) is 8.01. The average molecular weight is 406 g/mol. The minimum Gasteiger partial charge on any atom is -0.381 e. The molecule has 1 fully saturated rings. The van der Waals surface area contributed by atoms with Gasteiger partial charge in [-0.05, 0) is 60.9 Å². The molecule has 4 nitrogen and oxygen atoms in total. The van der Waals surface area contributed by atoms with Gasteiger partial charge in [0.05, 0.1) is 6.61 Å². The van der Waals surface area contributed by atoms with Crippen LogP contribution in [0.3, 0.4) is 0 Å². The van der Waals surface area contributed by atoms with Crippen LogP contribution in [0.4, 0.5) is 0 Å². The Kier molecular flexibility index (Phi) is 5.50. The van der Waals surface area contributed by atoms with Crippen LogP contribution >= 0.6 is 35.0 Å². The van der Waals surface area contributed by atoms with E-state index in [-0.39, 0.29) is 0 Å². The molecule has 4 rings (SSSR count). The summed E-state index contributed by atoms with van der Waals surface area (Å²) in [4.78, 5) is 0. The molecule has 1 unspecified atom stereocenters. The lowest BCUT2D eigenvalue weighted by Crippen LogP contribution is -2.05. The van der Waals surface area contributed by atoms with Crippen LogP contribution in [0.1, 0.15) is 6.42 Å². The lowest BCUT2D eigenvalue weighted by atomic mass is 10.2. The molecule has 0 saturated carbocycles. The van der Waals surface area contributed by atoms with E-state index in [0.29, 0.717) is 16.0 Å². The van der Waals surface area contributed by atoms with Crippen LogP contribution in [-0.2, 0) is 4.74 Å². The van der Waals surface area contributed by atoms with Gasteiger partial charge in [0.2, 0.25) is 0 Å². The number of nitrogens with zero attached hydrogens (tertiary/aromatic N) is 3. The molecule has 2 heterocycles. The number of ether oxygens (including phenoxy) is 1. The summed E-state index contributed by atoms with van der Waals surface area (Å²) in [5, 5.41) is 11.2. The molecule has 1 atom stereocenters. The first-order valence-corrected chi connectivity index (χ1v) is 10.1. The molecule has 2 aromatic carbocycles. The highest BCUT2D eigenvalue weighted by molar-refractivity contribution is 7.99. The third-order valence-electron chi connectivity index (χ3n) is 4.29. The molecule has 0 bridgehead atoms. The number of benzene rings is 2. The van der Waals surface area contributed by atoms with Gasteiger partial charge in [-0.2, -0.15) is 0 Å².